The molecule has 0 atom stereocenters. The Labute approximate surface area is 129 Å². The van der Waals surface area contributed by atoms with E-state index in [9.17, 15) is 14.7 Å². The van der Waals surface area contributed by atoms with Crippen molar-refractivity contribution in [3.8, 4) is 0 Å². The number of nitrogens with zero attached hydrogens (tertiary/aromatic N) is 1. The maximum atomic E-state index is 12.6. The van der Waals surface area contributed by atoms with Crippen molar-refractivity contribution < 1.29 is 19.1 Å². The third-order valence-electron chi connectivity index (χ3n) is 3.36. The molecule has 116 valence electrons. The second kappa shape index (κ2) is 6.93. The molecule has 2 aromatic rings. The van der Waals surface area contributed by atoms with E-state index in [4.69, 9.17) is 4.42 Å². The summed E-state index contributed by atoms with van der Waals surface area (Å²) in [6.07, 6.45) is -0.200. The van der Waals surface area contributed by atoms with Crippen LogP contribution in [0.3, 0.4) is 0 Å². The minimum Gasteiger partial charge on any atom is -0.550 e. The quantitative estimate of drug-likeness (QED) is 0.813. The number of carboxylic acids is 1. The maximum Gasteiger partial charge on any atom is 0.257 e. The Kier molecular flexibility index (Phi) is 4.99. The van der Waals surface area contributed by atoms with E-state index in [0.29, 0.717) is 23.6 Å². The first-order valence-corrected chi connectivity index (χ1v) is 7.07. The minimum atomic E-state index is -1.18. The lowest BCUT2D eigenvalue weighted by Crippen LogP contribution is -2.35. The number of hydrogen-bond acceptors (Lipinski definition) is 4. The molecule has 0 spiro atoms. The average Bonchev–Trinajstić information content (AvgIpc) is 2.82. The molecule has 1 amide bonds. The standard InChI is InChI=1S/C17H19NO4/c1-12-10-15(13(2)22-12)17(21)18(9-8-16(19)20)11-14-6-4-3-5-7-14/h3-7,10H,8-9,11H2,1-2H3,(H,19,20)/p-1. The summed E-state index contributed by atoms with van der Waals surface area (Å²) in [6, 6.07) is 11.1. The summed E-state index contributed by atoms with van der Waals surface area (Å²) >= 11 is 0. The van der Waals surface area contributed by atoms with Crippen molar-refractivity contribution in [3.05, 3.63) is 59.0 Å². The summed E-state index contributed by atoms with van der Waals surface area (Å²) in [5.74, 6) is -0.222. The molecular formula is C17H18NO4-. The van der Waals surface area contributed by atoms with Gasteiger partial charge in [0.05, 0.1) is 5.56 Å². The molecular weight excluding hydrogens is 282 g/mol. The molecule has 5 nitrogen and oxygen atoms in total. The predicted molar refractivity (Wildman–Crippen MR) is 79.0 cm³/mol. The molecule has 5 heteroatoms. The molecule has 1 aromatic heterocycles. The molecule has 0 aliphatic carbocycles. The molecule has 0 aliphatic heterocycles. The maximum absolute atomic E-state index is 12.6. The molecule has 0 saturated heterocycles. The van der Waals surface area contributed by atoms with Crippen molar-refractivity contribution in [2.45, 2.75) is 26.8 Å². The number of amides is 1. The van der Waals surface area contributed by atoms with Crippen LogP contribution in [0.5, 0.6) is 0 Å². The van der Waals surface area contributed by atoms with Crippen LogP contribution in [0.15, 0.2) is 40.8 Å². The minimum absolute atomic E-state index is 0.0970. The van der Waals surface area contributed by atoms with Gasteiger partial charge in [-0.25, -0.2) is 0 Å². The van der Waals surface area contributed by atoms with Crippen molar-refractivity contribution in [3.63, 3.8) is 0 Å². The highest BCUT2D eigenvalue weighted by Crippen LogP contribution is 2.17. The Hall–Kier alpha value is -2.56. The number of aryl methyl sites for hydroxylation is 2. The third-order valence-corrected chi connectivity index (χ3v) is 3.36. The number of carbonyl (C=O) groups is 2. The van der Waals surface area contributed by atoms with Crippen LogP contribution < -0.4 is 5.11 Å². The van der Waals surface area contributed by atoms with E-state index in [1.54, 1.807) is 19.9 Å². The van der Waals surface area contributed by atoms with E-state index in [-0.39, 0.29) is 18.9 Å². The number of benzene rings is 1. The zero-order chi connectivity index (χ0) is 16.1. The highest BCUT2D eigenvalue weighted by Gasteiger charge is 2.20. The third kappa shape index (κ3) is 3.97. The van der Waals surface area contributed by atoms with E-state index >= 15 is 0 Å². The van der Waals surface area contributed by atoms with Crippen molar-refractivity contribution >= 4 is 11.9 Å². The van der Waals surface area contributed by atoms with Crippen LogP contribution in [0.2, 0.25) is 0 Å². The highest BCUT2D eigenvalue weighted by atomic mass is 16.4. The molecule has 0 aliphatic rings. The number of aliphatic carboxylic acids is 1. The summed E-state index contributed by atoms with van der Waals surface area (Å²) in [5.41, 5.74) is 1.40. The van der Waals surface area contributed by atoms with Crippen molar-refractivity contribution in [2.75, 3.05) is 6.54 Å². The molecule has 1 heterocycles. The Morgan fingerprint density at radius 3 is 2.41 bits per heavy atom. The fraction of sp³-hybridized carbons (Fsp3) is 0.294. The van der Waals surface area contributed by atoms with Crippen LogP contribution in [-0.4, -0.2) is 23.3 Å². The van der Waals surface area contributed by atoms with Gasteiger partial charge in [0.2, 0.25) is 0 Å². The SMILES string of the molecule is Cc1cc(C(=O)N(CCC(=O)[O-])Cc2ccccc2)c(C)o1. The zero-order valence-electron chi connectivity index (χ0n) is 12.7. The fourth-order valence-corrected chi connectivity index (χ4v) is 2.30. The van der Waals surface area contributed by atoms with Gasteiger partial charge in [0, 0.05) is 25.5 Å². The molecule has 0 bridgehead atoms. The van der Waals surface area contributed by atoms with Gasteiger partial charge in [-0.05, 0) is 25.5 Å². The monoisotopic (exact) mass is 300 g/mol. The lowest BCUT2D eigenvalue weighted by atomic mass is 10.1. The summed E-state index contributed by atoms with van der Waals surface area (Å²) in [4.78, 5) is 24.9. The molecule has 1 aromatic carbocycles. The molecule has 0 unspecified atom stereocenters. The van der Waals surface area contributed by atoms with Gasteiger partial charge >= 0.3 is 0 Å². The normalized spacial score (nSPS) is 10.5. The van der Waals surface area contributed by atoms with Gasteiger partial charge in [0.1, 0.15) is 11.5 Å². The summed E-state index contributed by atoms with van der Waals surface area (Å²) in [5, 5.41) is 10.7. The molecule has 0 saturated carbocycles. The number of carbonyl (C=O) groups excluding carboxylic acids is 2. The van der Waals surface area contributed by atoms with Crippen molar-refractivity contribution in [1.29, 1.82) is 0 Å². The highest BCUT2D eigenvalue weighted by molar-refractivity contribution is 5.95. The summed E-state index contributed by atoms with van der Waals surface area (Å²) in [7, 11) is 0. The molecule has 0 fully saturated rings. The lowest BCUT2D eigenvalue weighted by molar-refractivity contribution is -0.305. The van der Waals surface area contributed by atoms with Crippen LogP contribution in [0.25, 0.3) is 0 Å². The van der Waals surface area contributed by atoms with Crippen LogP contribution in [0, 0.1) is 13.8 Å². The Balaban J connectivity index is 2.21. The van der Waals surface area contributed by atoms with E-state index in [0.717, 1.165) is 5.56 Å². The van der Waals surface area contributed by atoms with Crippen LogP contribution in [0.4, 0.5) is 0 Å². The van der Waals surface area contributed by atoms with Crippen LogP contribution in [0.1, 0.15) is 33.9 Å². The second-order valence-electron chi connectivity index (χ2n) is 5.16. The Morgan fingerprint density at radius 1 is 1.18 bits per heavy atom. The number of hydrogen-bond donors (Lipinski definition) is 0. The molecule has 22 heavy (non-hydrogen) atoms. The van der Waals surface area contributed by atoms with Gasteiger partial charge in [0.25, 0.3) is 5.91 Å². The van der Waals surface area contributed by atoms with Gasteiger partial charge in [-0.3, -0.25) is 4.79 Å². The summed E-state index contributed by atoms with van der Waals surface area (Å²) < 4.78 is 5.39. The van der Waals surface area contributed by atoms with Gasteiger partial charge < -0.3 is 19.2 Å². The Bertz CT molecular complexity index is 661. The summed E-state index contributed by atoms with van der Waals surface area (Å²) in [6.45, 7) is 3.93. The van der Waals surface area contributed by atoms with Crippen molar-refractivity contribution in [1.82, 2.24) is 4.90 Å². The topological polar surface area (TPSA) is 73.6 Å². The second-order valence-corrected chi connectivity index (χ2v) is 5.16. The molecule has 0 N–H and O–H groups in total. The van der Waals surface area contributed by atoms with E-state index in [2.05, 4.69) is 0 Å². The lowest BCUT2D eigenvalue weighted by Gasteiger charge is -2.23. The largest absolute Gasteiger partial charge is 0.550 e. The van der Waals surface area contributed by atoms with E-state index in [1.807, 2.05) is 30.3 Å². The number of rotatable bonds is 6. The number of carboxylic acid groups (broad SMARTS) is 1. The van der Waals surface area contributed by atoms with Gasteiger partial charge in [-0.1, -0.05) is 30.3 Å². The van der Waals surface area contributed by atoms with Gasteiger partial charge in [-0.15, -0.1) is 0 Å². The van der Waals surface area contributed by atoms with Crippen molar-refractivity contribution in [2.24, 2.45) is 0 Å². The molecule has 2 rings (SSSR count). The first-order valence-electron chi connectivity index (χ1n) is 7.07. The van der Waals surface area contributed by atoms with E-state index in [1.165, 1.54) is 4.90 Å². The number of furan rings is 1. The molecule has 0 radical (unpaired) electrons. The first kappa shape index (κ1) is 15.8. The van der Waals surface area contributed by atoms with E-state index < -0.39 is 5.97 Å². The Morgan fingerprint density at radius 2 is 1.86 bits per heavy atom. The predicted octanol–water partition coefficient (Wildman–Crippen LogP) is 1.68. The first-order chi connectivity index (χ1) is 10.5. The fourth-order valence-electron chi connectivity index (χ4n) is 2.30. The average molecular weight is 300 g/mol. The van der Waals surface area contributed by atoms with Crippen LogP contribution in [-0.2, 0) is 11.3 Å². The van der Waals surface area contributed by atoms with Gasteiger partial charge in [-0.2, -0.15) is 0 Å². The zero-order valence-corrected chi connectivity index (χ0v) is 12.7. The van der Waals surface area contributed by atoms with Gasteiger partial charge in [0.15, 0.2) is 0 Å². The smallest absolute Gasteiger partial charge is 0.257 e. The van der Waals surface area contributed by atoms with Crippen LogP contribution >= 0.6 is 0 Å².